The Hall–Kier alpha value is -2.72. The van der Waals surface area contributed by atoms with Crippen LogP contribution in [0.5, 0.6) is 0 Å². The monoisotopic (exact) mass is 417 g/mol. The molecule has 1 aliphatic carbocycles. The first-order valence-electron chi connectivity index (χ1n) is 11.0. The van der Waals surface area contributed by atoms with Gasteiger partial charge in [0.05, 0.1) is 17.5 Å². The summed E-state index contributed by atoms with van der Waals surface area (Å²) in [5, 5.41) is 12.4. The van der Waals surface area contributed by atoms with Gasteiger partial charge in [0.25, 0.3) is 0 Å². The van der Waals surface area contributed by atoms with Crippen molar-refractivity contribution < 1.29 is 4.79 Å². The van der Waals surface area contributed by atoms with E-state index >= 15 is 0 Å². The summed E-state index contributed by atoms with van der Waals surface area (Å²) in [5.74, 6) is -0.535. The summed E-state index contributed by atoms with van der Waals surface area (Å²) in [6.45, 7) is 5.77. The zero-order valence-electron chi connectivity index (χ0n) is 18.2. The molecule has 0 aromatic heterocycles. The lowest BCUT2D eigenvalue weighted by atomic mass is 9.96. The summed E-state index contributed by atoms with van der Waals surface area (Å²) in [4.78, 5) is 16.9. The molecule has 0 spiro atoms. The van der Waals surface area contributed by atoms with E-state index in [9.17, 15) is 10.1 Å². The van der Waals surface area contributed by atoms with E-state index in [1.54, 1.807) is 0 Å². The minimum Gasteiger partial charge on any atom is -0.353 e. The Bertz CT molecular complexity index is 935. The fourth-order valence-electron chi connectivity index (χ4n) is 3.95. The van der Waals surface area contributed by atoms with Crippen molar-refractivity contribution in [3.63, 3.8) is 0 Å². The molecule has 2 aliphatic rings. The Morgan fingerprint density at radius 2 is 1.65 bits per heavy atom. The predicted molar refractivity (Wildman–Crippen MR) is 122 cm³/mol. The average molecular weight is 418 g/mol. The van der Waals surface area contributed by atoms with Crippen LogP contribution in [0.15, 0.2) is 48.5 Å². The van der Waals surface area contributed by atoms with Crippen molar-refractivity contribution in [2.75, 3.05) is 39.8 Å². The first kappa shape index (κ1) is 21.5. The average Bonchev–Trinajstić information content (AvgIpc) is 3.55. The van der Waals surface area contributed by atoms with Gasteiger partial charge in [-0.3, -0.25) is 9.69 Å². The molecule has 4 rings (SSSR count). The van der Waals surface area contributed by atoms with E-state index in [0.717, 1.165) is 62.3 Å². The lowest BCUT2D eigenvalue weighted by molar-refractivity contribution is -0.123. The van der Waals surface area contributed by atoms with Gasteiger partial charge in [-0.05, 0) is 42.1 Å². The van der Waals surface area contributed by atoms with Crippen LogP contribution < -0.4 is 11.1 Å². The van der Waals surface area contributed by atoms with Gasteiger partial charge in [-0.1, -0.05) is 48.5 Å². The third-order valence-electron chi connectivity index (χ3n) is 6.47. The molecule has 0 radical (unpaired) electrons. The summed E-state index contributed by atoms with van der Waals surface area (Å²) in [6.07, 6.45) is 1.44. The summed E-state index contributed by atoms with van der Waals surface area (Å²) in [7, 11) is 2.18. The van der Waals surface area contributed by atoms with Gasteiger partial charge in [-0.2, -0.15) is 5.26 Å². The molecule has 1 saturated heterocycles. The number of carbonyl (C=O) groups excluding carboxylic acids is 1. The largest absolute Gasteiger partial charge is 0.353 e. The molecule has 1 aliphatic heterocycles. The molecule has 1 saturated carbocycles. The van der Waals surface area contributed by atoms with Crippen LogP contribution in [-0.4, -0.2) is 61.0 Å². The van der Waals surface area contributed by atoms with E-state index in [1.165, 1.54) is 5.56 Å². The highest BCUT2D eigenvalue weighted by Gasteiger charge is 2.45. The lowest BCUT2D eigenvalue weighted by Crippen LogP contribution is -2.43. The highest BCUT2D eigenvalue weighted by molar-refractivity contribution is 5.89. The standard InChI is InChI=1S/C25H31N5O/c1-29-12-14-30(15-13-29)18-19-2-4-20(5-3-19)21-6-8-22(9-7-21)23(16-26)17-28-24(31)25(27)10-11-25/h2-9,23H,10-15,17-18,27H2,1H3,(H,28,31). The van der Waals surface area contributed by atoms with Gasteiger partial charge < -0.3 is 16.0 Å². The fourth-order valence-corrected chi connectivity index (χ4v) is 3.95. The molecule has 162 valence electrons. The molecule has 1 heterocycles. The molecule has 1 atom stereocenters. The smallest absolute Gasteiger partial charge is 0.240 e. The topological polar surface area (TPSA) is 85.4 Å². The lowest BCUT2D eigenvalue weighted by Gasteiger charge is -2.32. The molecule has 3 N–H and O–H groups in total. The Morgan fingerprint density at radius 1 is 1.06 bits per heavy atom. The van der Waals surface area contributed by atoms with Gasteiger partial charge in [0.15, 0.2) is 0 Å². The second-order valence-electron chi connectivity index (χ2n) is 8.95. The zero-order chi connectivity index (χ0) is 21.8. The molecule has 1 unspecified atom stereocenters. The molecular formula is C25H31N5O. The van der Waals surface area contributed by atoms with Crippen molar-refractivity contribution in [2.45, 2.75) is 30.8 Å². The van der Waals surface area contributed by atoms with Gasteiger partial charge in [0.1, 0.15) is 0 Å². The number of likely N-dealkylation sites (N-methyl/N-ethyl adjacent to an activating group) is 1. The molecule has 6 nitrogen and oxygen atoms in total. The van der Waals surface area contributed by atoms with Crippen LogP contribution in [0.2, 0.25) is 0 Å². The molecule has 2 fully saturated rings. The number of nitrogens with two attached hydrogens (primary N) is 1. The SMILES string of the molecule is CN1CCN(Cc2ccc(-c3ccc(C(C#N)CNC(=O)C4(N)CC4)cc3)cc2)CC1. The van der Waals surface area contributed by atoms with Gasteiger partial charge >= 0.3 is 0 Å². The maximum atomic E-state index is 12.0. The van der Waals surface area contributed by atoms with Gasteiger partial charge in [-0.15, -0.1) is 0 Å². The van der Waals surface area contributed by atoms with E-state index in [1.807, 2.05) is 24.3 Å². The number of hydrogen-bond acceptors (Lipinski definition) is 5. The van der Waals surface area contributed by atoms with Crippen molar-refractivity contribution in [1.29, 1.82) is 5.26 Å². The molecular weight excluding hydrogens is 386 g/mol. The van der Waals surface area contributed by atoms with Crippen molar-refractivity contribution in [1.82, 2.24) is 15.1 Å². The first-order valence-corrected chi connectivity index (χ1v) is 11.0. The number of benzene rings is 2. The van der Waals surface area contributed by atoms with E-state index in [2.05, 4.69) is 52.5 Å². The van der Waals surface area contributed by atoms with Crippen LogP contribution in [0.4, 0.5) is 0 Å². The molecule has 2 aromatic carbocycles. The number of piperazine rings is 1. The number of nitriles is 1. The first-order chi connectivity index (χ1) is 15.0. The van der Waals surface area contributed by atoms with Crippen LogP contribution in [0, 0.1) is 11.3 Å². The van der Waals surface area contributed by atoms with Crippen molar-refractivity contribution in [3.05, 3.63) is 59.7 Å². The molecule has 31 heavy (non-hydrogen) atoms. The van der Waals surface area contributed by atoms with E-state index < -0.39 is 5.54 Å². The van der Waals surface area contributed by atoms with Crippen molar-refractivity contribution in [3.8, 4) is 17.2 Å². The van der Waals surface area contributed by atoms with Crippen LogP contribution in [0.3, 0.4) is 0 Å². The minimum absolute atomic E-state index is 0.152. The van der Waals surface area contributed by atoms with E-state index in [4.69, 9.17) is 5.73 Å². The summed E-state index contributed by atoms with van der Waals surface area (Å²) in [6, 6.07) is 19.1. The van der Waals surface area contributed by atoms with Crippen molar-refractivity contribution in [2.24, 2.45) is 5.73 Å². The Kier molecular flexibility index (Phi) is 6.38. The highest BCUT2D eigenvalue weighted by atomic mass is 16.2. The minimum atomic E-state index is -0.708. The number of rotatable bonds is 7. The quantitative estimate of drug-likeness (QED) is 0.722. The number of nitrogens with zero attached hydrogens (tertiary/aromatic N) is 3. The van der Waals surface area contributed by atoms with E-state index in [-0.39, 0.29) is 18.4 Å². The second kappa shape index (κ2) is 9.19. The maximum Gasteiger partial charge on any atom is 0.240 e. The molecule has 2 aromatic rings. The van der Waals surface area contributed by atoms with E-state index in [0.29, 0.717) is 0 Å². The molecule has 0 bridgehead atoms. The summed E-state index contributed by atoms with van der Waals surface area (Å²) in [5.41, 5.74) is 9.72. The second-order valence-corrected chi connectivity index (χ2v) is 8.95. The van der Waals surface area contributed by atoms with Gasteiger partial charge in [-0.25, -0.2) is 0 Å². The summed E-state index contributed by atoms with van der Waals surface area (Å²) >= 11 is 0. The van der Waals surface area contributed by atoms with Gasteiger partial charge in [0.2, 0.25) is 5.91 Å². The third kappa shape index (κ3) is 5.31. The fraction of sp³-hybridized carbons (Fsp3) is 0.440. The highest BCUT2D eigenvalue weighted by Crippen LogP contribution is 2.32. The predicted octanol–water partition coefficient (Wildman–Crippen LogP) is 2.32. The van der Waals surface area contributed by atoms with Crippen LogP contribution in [-0.2, 0) is 11.3 Å². The maximum absolute atomic E-state index is 12.0. The van der Waals surface area contributed by atoms with Crippen LogP contribution in [0.25, 0.3) is 11.1 Å². The summed E-state index contributed by atoms with van der Waals surface area (Å²) < 4.78 is 0. The van der Waals surface area contributed by atoms with Crippen molar-refractivity contribution >= 4 is 5.91 Å². The Morgan fingerprint density at radius 3 is 2.19 bits per heavy atom. The van der Waals surface area contributed by atoms with Gasteiger partial charge in [0, 0.05) is 39.3 Å². The number of hydrogen-bond donors (Lipinski definition) is 2. The Labute approximate surface area is 184 Å². The Balaban J connectivity index is 1.34. The molecule has 1 amide bonds. The normalized spacial score (nSPS) is 19.4. The number of carbonyl (C=O) groups is 1. The number of amides is 1. The number of nitrogens with one attached hydrogen (secondary N) is 1. The molecule has 6 heteroatoms. The third-order valence-corrected chi connectivity index (χ3v) is 6.47. The van der Waals surface area contributed by atoms with Crippen LogP contribution in [0.1, 0.15) is 29.9 Å². The van der Waals surface area contributed by atoms with Crippen LogP contribution >= 0.6 is 0 Å². The zero-order valence-corrected chi connectivity index (χ0v) is 18.2.